The Morgan fingerprint density at radius 2 is 2.26 bits per heavy atom. The van der Waals surface area contributed by atoms with Crippen molar-refractivity contribution < 1.29 is 4.74 Å². The molecular weight excluding hydrogens is 306 g/mol. The number of benzene rings is 1. The molecular formula is C14H16BrN3O. The van der Waals surface area contributed by atoms with Gasteiger partial charge in [0.15, 0.2) is 0 Å². The quantitative estimate of drug-likeness (QED) is 0.924. The van der Waals surface area contributed by atoms with Crippen LogP contribution in [0.5, 0.6) is 5.75 Å². The van der Waals surface area contributed by atoms with Crippen molar-refractivity contribution in [2.45, 2.75) is 25.8 Å². The van der Waals surface area contributed by atoms with Gasteiger partial charge in [0.25, 0.3) is 0 Å². The van der Waals surface area contributed by atoms with E-state index in [0.29, 0.717) is 5.82 Å². The Bertz CT molecular complexity index is 636. The molecule has 1 atom stereocenters. The average Bonchev–Trinajstić information content (AvgIpc) is 2.94. The lowest BCUT2D eigenvalue weighted by Crippen LogP contribution is -2.12. The first-order chi connectivity index (χ1) is 9.11. The van der Waals surface area contributed by atoms with Gasteiger partial charge < -0.3 is 10.5 Å². The van der Waals surface area contributed by atoms with Crippen LogP contribution < -0.4 is 10.5 Å². The number of hydrogen-bond acceptors (Lipinski definition) is 3. The zero-order valence-electron chi connectivity index (χ0n) is 11.0. The highest BCUT2D eigenvalue weighted by molar-refractivity contribution is 9.10. The molecule has 0 saturated carbocycles. The molecule has 0 amide bonds. The normalized spacial score (nSPS) is 17.5. The first kappa shape index (κ1) is 12.5. The van der Waals surface area contributed by atoms with E-state index in [-0.39, 0.29) is 6.04 Å². The Kier molecular flexibility index (Phi) is 3.01. The SMILES string of the molecule is COc1ccc2c(c1)C(n1nc(C)c(Br)c1N)CC2. The van der Waals surface area contributed by atoms with Gasteiger partial charge in [0, 0.05) is 0 Å². The number of ether oxygens (including phenoxy) is 1. The van der Waals surface area contributed by atoms with Crippen LogP contribution in [-0.4, -0.2) is 16.9 Å². The van der Waals surface area contributed by atoms with Crippen molar-refractivity contribution in [3.8, 4) is 5.75 Å². The average molecular weight is 322 g/mol. The fraction of sp³-hybridized carbons (Fsp3) is 0.357. The van der Waals surface area contributed by atoms with Gasteiger partial charge in [0.1, 0.15) is 11.6 Å². The smallest absolute Gasteiger partial charge is 0.137 e. The number of fused-ring (bicyclic) bond motifs is 1. The molecule has 3 rings (SSSR count). The summed E-state index contributed by atoms with van der Waals surface area (Å²) in [5.41, 5.74) is 9.68. The topological polar surface area (TPSA) is 53.1 Å². The second-order valence-electron chi connectivity index (χ2n) is 4.85. The largest absolute Gasteiger partial charge is 0.497 e. The van der Waals surface area contributed by atoms with Crippen molar-refractivity contribution in [3.63, 3.8) is 0 Å². The van der Waals surface area contributed by atoms with Gasteiger partial charge in [-0.1, -0.05) is 6.07 Å². The Hall–Kier alpha value is -1.49. The monoisotopic (exact) mass is 321 g/mol. The number of nitrogens with two attached hydrogens (primary N) is 1. The van der Waals surface area contributed by atoms with E-state index < -0.39 is 0 Å². The van der Waals surface area contributed by atoms with E-state index in [1.54, 1.807) is 7.11 Å². The van der Waals surface area contributed by atoms with Crippen LogP contribution in [0.15, 0.2) is 22.7 Å². The lowest BCUT2D eigenvalue weighted by atomic mass is 10.1. The van der Waals surface area contributed by atoms with Gasteiger partial charge in [-0.15, -0.1) is 0 Å². The van der Waals surface area contributed by atoms with E-state index in [0.717, 1.165) is 28.8 Å². The van der Waals surface area contributed by atoms with E-state index in [4.69, 9.17) is 10.5 Å². The van der Waals surface area contributed by atoms with Gasteiger partial charge in [0.2, 0.25) is 0 Å². The number of methoxy groups -OCH3 is 1. The fourth-order valence-electron chi connectivity index (χ4n) is 2.72. The van der Waals surface area contributed by atoms with Gasteiger partial charge in [-0.3, -0.25) is 0 Å². The van der Waals surface area contributed by atoms with Crippen LogP contribution >= 0.6 is 15.9 Å². The fourth-order valence-corrected chi connectivity index (χ4v) is 2.98. The van der Waals surface area contributed by atoms with Crippen molar-refractivity contribution in [1.29, 1.82) is 0 Å². The standard InChI is InChI=1S/C14H16BrN3O/c1-8-13(15)14(16)18(17-8)12-6-4-9-3-5-10(19-2)7-11(9)12/h3,5,7,12H,4,6,16H2,1-2H3. The zero-order valence-corrected chi connectivity index (χ0v) is 12.6. The van der Waals surface area contributed by atoms with E-state index >= 15 is 0 Å². The van der Waals surface area contributed by atoms with Gasteiger partial charge in [0.05, 0.1) is 23.3 Å². The van der Waals surface area contributed by atoms with Crippen molar-refractivity contribution in [3.05, 3.63) is 39.5 Å². The molecule has 1 aromatic carbocycles. The van der Waals surface area contributed by atoms with Crippen LogP contribution in [0, 0.1) is 6.92 Å². The highest BCUT2D eigenvalue weighted by atomic mass is 79.9. The molecule has 0 saturated heterocycles. The van der Waals surface area contributed by atoms with Crippen LogP contribution in [0.25, 0.3) is 0 Å². The number of aromatic nitrogens is 2. The molecule has 0 bridgehead atoms. The predicted octanol–water partition coefficient (Wildman–Crippen LogP) is 3.08. The number of anilines is 1. The molecule has 1 aliphatic carbocycles. The van der Waals surface area contributed by atoms with Gasteiger partial charge >= 0.3 is 0 Å². The predicted molar refractivity (Wildman–Crippen MR) is 78.5 cm³/mol. The molecule has 1 heterocycles. The summed E-state index contributed by atoms with van der Waals surface area (Å²) in [6, 6.07) is 6.44. The van der Waals surface area contributed by atoms with Crippen molar-refractivity contribution in [2.24, 2.45) is 0 Å². The maximum Gasteiger partial charge on any atom is 0.137 e. The Morgan fingerprint density at radius 3 is 2.89 bits per heavy atom. The van der Waals surface area contributed by atoms with Gasteiger partial charge in [-0.25, -0.2) is 4.68 Å². The van der Waals surface area contributed by atoms with Gasteiger partial charge in [-0.2, -0.15) is 5.10 Å². The highest BCUT2D eigenvalue weighted by Crippen LogP contribution is 2.39. The third kappa shape index (κ3) is 1.92. The maximum absolute atomic E-state index is 6.13. The first-order valence-corrected chi connectivity index (χ1v) is 7.08. The molecule has 2 N–H and O–H groups in total. The van der Waals surface area contributed by atoms with Crippen LogP contribution in [0.3, 0.4) is 0 Å². The molecule has 1 aliphatic rings. The molecule has 100 valence electrons. The Morgan fingerprint density at radius 1 is 1.47 bits per heavy atom. The minimum atomic E-state index is 0.204. The molecule has 1 aromatic heterocycles. The number of aryl methyl sites for hydroxylation is 2. The molecule has 4 nitrogen and oxygen atoms in total. The molecule has 19 heavy (non-hydrogen) atoms. The number of hydrogen-bond donors (Lipinski definition) is 1. The summed E-state index contributed by atoms with van der Waals surface area (Å²) in [6.45, 7) is 1.96. The number of nitrogen functional groups attached to an aromatic ring is 1. The van der Waals surface area contributed by atoms with Crippen molar-refractivity contribution in [2.75, 3.05) is 12.8 Å². The summed E-state index contributed by atoms with van der Waals surface area (Å²) in [7, 11) is 1.69. The molecule has 5 heteroatoms. The summed E-state index contributed by atoms with van der Waals surface area (Å²) in [4.78, 5) is 0. The molecule has 0 radical (unpaired) electrons. The molecule has 0 fully saturated rings. The maximum atomic E-state index is 6.13. The number of rotatable bonds is 2. The second-order valence-corrected chi connectivity index (χ2v) is 5.64. The van der Waals surface area contributed by atoms with E-state index in [2.05, 4.69) is 33.2 Å². The van der Waals surface area contributed by atoms with Crippen molar-refractivity contribution >= 4 is 21.7 Å². The lowest BCUT2D eigenvalue weighted by molar-refractivity contribution is 0.413. The Labute approximate surface area is 120 Å². The molecule has 0 aliphatic heterocycles. The minimum absolute atomic E-state index is 0.204. The molecule has 2 aromatic rings. The molecule has 1 unspecified atom stereocenters. The number of nitrogens with zero attached hydrogens (tertiary/aromatic N) is 2. The summed E-state index contributed by atoms with van der Waals surface area (Å²) >= 11 is 3.48. The summed E-state index contributed by atoms with van der Waals surface area (Å²) < 4.78 is 8.13. The third-order valence-electron chi connectivity index (χ3n) is 3.74. The Balaban J connectivity index is 2.08. The van der Waals surface area contributed by atoms with E-state index in [1.165, 1.54) is 11.1 Å². The second kappa shape index (κ2) is 4.56. The van der Waals surface area contributed by atoms with Crippen molar-refractivity contribution in [1.82, 2.24) is 9.78 Å². The van der Waals surface area contributed by atoms with Crippen LogP contribution in [-0.2, 0) is 6.42 Å². The third-order valence-corrected chi connectivity index (χ3v) is 4.72. The van der Waals surface area contributed by atoms with E-state index in [9.17, 15) is 0 Å². The highest BCUT2D eigenvalue weighted by Gasteiger charge is 2.27. The first-order valence-electron chi connectivity index (χ1n) is 6.28. The van der Waals surface area contributed by atoms with Crippen LogP contribution in [0.2, 0.25) is 0 Å². The summed E-state index contributed by atoms with van der Waals surface area (Å²) in [6.07, 6.45) is 2.08. The minimum Gasteiger partial charge on any atom is -0.497 e. The number of halogens is 1. The summed E-state index contributed by atoms with van der Waals surface area (Å²) in [5, 5.41) is 4.55. The van der Waals surface area contributed by atoms with Crippen LogP contribution in [0.4, 0.5) is 5.82 Å². The summed E-state index contributed by atoms with van der Waals surface area (Å²) in [5.74, 6) is 1.57. The lowest BCUT2D eigenvalue weighted by Gasteiger charge is -2.15. The van der Waals surface area contributed by atoms with E-state index in [1.807, 2.05) is 17.7 Å². The van der Waals surface area contributed by atoms with Gasteiger partial charge in [-0.05, 0) is 59.0 Å². The van der Waals surface area contributed by atoms with Crippen LogP contribution in [0.1, 0.15) is 29.3 Å². The zero-order chi connectivity index (χ0) is 13.6. The molecule has 0 spiro atoms.